The highest BCUT2D eigenvalue weighted by Crippen LogP contribution is 2.35. The molecule has 4 nitrogen and oxygen atoms in total. The van der Waals surface area contributed by atoms with E-state index < -0.39 is 0 Å². The van der Waals surface area contributed by atoms with Gasteiger partial charge in [-0.25, -0.2) is 4.79 Å². The summed E-state index contributed by atoms with van der Waals surface area (Å²) in [5, 5.41) is 0. The molecule has 0 saturated heterocycles. The Kier molecular flexibility index (Phi) is 2.21. The van der Waals surface area contributed by atoms with Crippen molar-refractivity contribution in [3.63, 3.8) is 0 Å². The Hall–Kier alpha value is -2.10. The molecule has 1 aromatic rings. The number of carbonyl (C=O) groups is 2. The fourth-order valence-corrected chi connectivity index (χ4v) is 2.35. The van der Waals surface area contributed by atoms with Gasteiger partial charge >= 0.3 is 5.97 Å². The Morgan fingerprint density at radius 2 is 2.06 bits per heavy atom. The zero-order valence-electron chi connectivity index (χ0n) is 9.18. The highest BCUT2D eigenvalue weighted by molar-refractivity contribution is 5.87. The molecule has 0 unspecified atom stereocenters. The van der Waals surface area contributed by atoms with E-state index in [4.69, 9.17) is 4.74 Å². The molecule has 17 heavy (non-hydrogen) atoms. The number of hydrogen-bond donors (Lipinski definition) is 0. The van der Waals surface area contributed by atoms with Gasteiger partial charge < -0.3 is 9.64 Å². The highest BCUT2D eigenvalue weighted by atomic mass is 16.5. The van der Waals surface area contributed by atoms with Crippen LogP contribution in [0.4, 0.5) is 0 Å². The first-order chi connectivity index (χ1) is 8.29. The fraction of sp³-hybridized carbons (Fsp3) is 0.231. The monoisotopic (exact) mass is 229 g/mol. The van der Waals surface area contributed by atoms with Crippen LogP contribution in [0.5, 0.6) is 0 Å². The Morgan fingerprint density at radius 1 is 1.24 bits per heavy atom. The van der Waals surface area contributed by atoms with Crippen LogP contribution in [0.15, 0.2) is 30.0 Å². The lowest BCUT2D eigenvalue weighted by Crippen LogP contribution is -2.36. The zero-order valence-corrected chi connectivity index (χ0v) is 9.18. The number of fused-ring (bicyclic) bond motifs is 2. The third-order valence-electron chi connectivity index (χ3n) is 3.14. The summed E-state index contributed by atoms with van der Waals surface area (Å²) in [6.07, 6.45) is 2.30. The van der Waals surface area contributed by atoms with Gasteiger partial charge in [0.25, 0.3) is 0 Å². The fourth-order valence-electron chi connectivity index (χ4n) is 2.35. The first-order valence-electron chi connectivity index (χ1n) is 5.53. The van der Waals surface area contributed by atoms with E-state index in [9.17, 15) is 9.59 Å². The number of ether oxygens (including phenoxy) is 1. The minimum Gasteiger partial charge on any atom is -0.423 e. The SMILES string of the molecule is O=CN1CC(=O)OC2=C1CCc1ccccc12. The van der Waals surface area contributed by atoms with Crippen LogP contribution >= 0.6 is 0 Å². The summed E-state index contributed by atoms with van der Waals surface area (Å²) in [6, 6.07) is 7.81. The molecule has 0 spiro atoms. The van der Waals surface area contributed by atoms with Crippen LogP contribution in [0.25, 0.3) is 5.76 Å². The van der Waals surface area contributed by atoms with E-state index in [1.165, 1.54) is 4.90 Å². The van der Waals surface area contributed by atoms with E-state index >= 15 is 0 Å². The van der Waals surface area contributed by atoms with Crippen molar-refractivity contribution in [2.75, 3.05) is 6.54 Å². The Balaban J connectivity index is 2.15. The number of carbonyl (C=O) groups excluding carboxylic acids is 2. The molecule has 0 radical (unpaired) electrons. The lowest BCUT2D eigenvalue weighted by atomic mass is 9.92. The molecule has 1 aliphatic heterocycles. The van der Waals surface area contributed by atoms with Gasteiger partial charge in [0.15, 0.2) is 5.76 Å². The minimum atomic E-state index is -0.382. The van der Waals surface area contributed by atoms with E-state index in [1.807, 2.05) is 24.3 Å². The number of amides is 1. The summed E-state index contributed by atoms with van der Waals surface area (Å²) >= 11 is 0. The van der Waals surface area contributed by atoms with Crippen LogP contribution in [0.1, 0.15) is 17.5 Å². The van der Waals surface area contributed by atoms with Crippen molar-refractivity contribution >= 4 is 18.1 Å². The Bertz CT molecular complexity index is 533. The van der Waals surface area contributed by atoms with Gasteiger partial charge in [0.2, 0.25) is 6.41 Å². The molecule has 86 valence electrons. The lowest BCUT2D eigenvalue weighted by molar-refractivity contribution is -0.141. The van der Waals surface area contributed by atoms with Crippen LogP contribution < -0.4 is 0 Å². The predicted molar refractivity (Wildman–Crippen MR) is 60.5 cm³/mol. The number of esters is 1. The molecule has 0 saturated carbocycles. The second-order valence-electron chi connectivity index (χ2n) is 4.14. The summed E-state index contributed by atoms with van der Waals surface area (Å²) in [7, 11) is 0. The van der Waals surface area contributed by atoms with Crippen molar-refractivity contribution in [3.8, 4) is 0 Å². The minimum absolute atomic E-state index is 0.0184. The van der Waals surface area contributed by atoms with Gasteiger partial charge in [-0.05, 0) is 18.4 Å². The maximum absolute atomic E-state index is 11.4. The zero-order chi connectivity index (χ0) is 11.8. The molecular formula is C13H11NO3. The second-order valence-corrected chi connectivity index (χ2v) is 4.14. The smallest absolute Gasteiger partial charge is 0.331 e. The number of hydrogen-bond acceptors (Lipinski definition) is 3. The summed E-state index contributed by atoms with van der Waals surface area (Å²) in [6.45, 7) is 0.0184. The molecule has 1 amide bonds. The van der Waals surface area contributed by atoms with Crippen LogP contribution in [-0.4, -0.2) is 23.8 Å². The maximum Gasteiger partial charge on any atom is 0.331 e. The molecule has 1 aromatic carbocycles. The van der Waals surface area contributed by atoms with Gasteiger partial charge in [-0.3, -0.25) is 4.79 Å². The molecule has 1 aliphatic carbocycles. The van der Waals surface area contributed by atoms with E-state index in [2.05, 4.69) is 0 Å². The largest absolute Gasteiger partial charge is 0.423 e. The second kappa shape index (κ2) is 3.73. The Morgan fingerprint density at radius 3 is 2.88 bits per heavy atom. The molecule has 0 bridgehead atoms. The maximum atomic E-state index is 11.4. The molecule has 0 fully saturated rings. The molecule has 4 heteroatoms. The molecule has 0 N–H and O–H groups in total. The third kappa shape index (κ3) is 1.53. The van der Waals surface area contributed by atoms with Crippen LogP contribution in [0.2, 0.25) is 0 Å². The van der Waals surface area contributed by atoms with Crippen LogP contribution in [-0.2, 0) is 20.7 Å². The topological polar surface area (TPSA) is 46.6 Å². The van der Waals surface area contributed by atoms with Crippen molar-refractivity contribution in [1.82, 2.24) is 4.90 Å². The van der Waals surface area contributed by atoms with Gasteiger partial charge in [0.05, 0.1) is 5.70 Å². The molecule has 3 rings (SSSR count). The average molecular weight is 229 g/mol. The number of allylic oxidation sites excluding steroid dienone is 1. The predicted octanol–water partition coefficient (Wildman–Crippen LogP) is 1.32. The summed E-state index contributed by atoms with van der Waals surface area (Å²) in [5.74, 6) is 0.169. The van der Waals surface area contributed by atoms with Gasteiger partial charge in [0.1, 0.15) is 6.54 Å². The van der Waals surface area contributed by atoms with Crippen LogP contribution in [0.3, 0.4) is 0 Å². The van der Waals surface area contributed by atoms with Crippen molar-refractivity contribution < 1.29 is 14.3 Å². The normalized spacial score (nSPS) is 18.4. The number of benzene rings is 1. The van der Waals surface area contributed by atoms with Crippen molar-refractivity contribution in [3.05, 3.63) is 41.1 Å². The number of rotatable bonds is 1. The van der Waals surface area contributed by atoms with Gasteiger partial charge in [-0.15, -0.1) is 0 Å². The number of aryl methyl sites for hydroxylation is 1. The molecule has 2 aliphatic rings. The molecule has 1 heterocycles. The van der Waals surface area contributed by atoms with Crippen LogP contribution in [0, 0.1) is 0 Å². The first kappa shape index (κ1) is 10.1. The van der Waals surface area contributed by atoms with E-state index in [0.29, 0.717) is 12.2 Å². The molecule has 0 aromatic heterocycles. The Labute approximate surface area is 98.5 Å². The average Bonchev–Trinajstić information content (AvgIpc) is 2.37. The third-order valence-corrected chi connectivity index (χ3v) is 3.14. The van der Waals surface area contributed by atoms with Crippen molar-refractivity contribution in [2.24, 2.45) is 0 Å². The summed E-state index contributed by atoms with van der Waals surface area (Å²) in [5.41, 5.74) is 2.90. The van der Waals surface area contributed by atoms with E-state index in [-0.39, 0.29) is 12.5 Å². The highest BCUT2D eigenvalue weighted by Gasteiger charge is 2.31. The van der Waals surface area contributed by atoms with Gasteiger partial charge in [0, 0.05) is 5.56 Å². The summed E-state index contributed by atoms with van der Waals surface area (Å²) in [4.78, 5) is 23.8. The van der Waals surface area contributed by atoms with E-state index in [0.717, 1.165) is 29.7 Å². The molecule has 0 atom stereocenters. The molecular weight excluding hydrogens is 218 g/mol. The van der Waals surface area contributed by atoms with Crippen molar-refractivity contribution in [2.45, 2.75) is 12.8 Å². The number of nitrogens with zero attached hydrogens (tertiary/aromatic N) is 1. The lowest BCUT2D eigenvalue weighted by Gasteiger charge is -2.31. The quantitative estimate of drug-likeness (QED) is 0.539. The van der Waals surface area contributed by atoms with Crippen molar-refractivity contribution in [1.29, 1.82) is 0 Å². The van der Waals surface area contributed by atoms with Gasteiger partial charge in [-0.2, -0.15) is 0 Å². The summed E-state index contributed by atoms with van der Waals surface area (Å²) < 4.78 is 5.29. The van der Waals surface area contributed by atoms with Gasteiger partial charge in [-0.1, -0.05) is 24.3 Å². The van der Waals surface area contributed by atoms with E-state index in [1.54, 1.807) is 0 Å². The standard InChI is InChI=1S/C13H11NO3/c15-8-14-7-12(16)17-13-10-4-2-1-3-9(10)5-6-11(13)14/h1-4,8H,5-7H2. The first-order valence-corrected chi connectivity index (χ1v) is 5.53.